The molecule has 0 amide bonds. The lowest BCUT2D eigenvalue weighted by molar-refractivity contribution is -0.181. The van der Waals surface area contributed by atoms with Gasteiger partial charge in [0.1, 0.15) is 17.6 Å². The van der Waals surface area contributed by atoms with Gasteiger partial charge in [0.25, 0.3) is 0 Å². The zero-order chi connectivity index (χ0) is 10.0. The van der Waals surface area contributed by atoms with Gasteiger partial charge in [-0.15, -0.1) is 11.8 Å². The second-order valence-corrected chi connectivity index (χ2v) is 4.24. The van der Waals surface area contributed by atoms with Crippen LogP contribution in [0.1, 0.15) is 6.92 Å². The molecule has 3 unspecified atom stereocenters. The number of hydrogen-bond donors (Lipinski definition) is 3. The zero-order valence-corrected chi connectivity index (χ0v) is 8.57. The number of aliphatic hydroxyl groups is 3. The quantitative estimate of drug-likeness (QED) is 0.566. The van der Waals surface area contributed by atoms with E-state index in [1.807, 2.05) is 13.2 Å². The van der Waals surface area contributed by atoms with E-state index < -0.39 is 18.3 Å². The summed E-state index contributed by atoms with van der Waals surface area (Å²) in [5.41, 5.74) is -0.157. The van der Waals surface area contributed by atoms with Crippen molar-refractivity contribution in [3.05, 3.63) is 0 Å². The molecule has 13 heavy (non-hydrogen) atoms. The molecule has 0 aliphatic carbocycles. The Hall–Kier alpha value is 0.190. The molecule has 1 heterocycles. The summed E-state index contributed by atoms with van der Waals surface area (Å²) in [5, 5.41) is 27.9. The number of ether oxygens (including phenoxy) is 1. The van der Waals surface area contributed by atoms with E-state index in [9.17, 15) is 10.2 Å². The van der Waals surface area contributed by atoms with Crippen molar-refractivity contribution in [2.75, 3.05) is 12.9 Å². The SMILES string of the molecule is CSC1OC(CO)C(O)[C@H](O)[C@@H]1C. The Morgan fingerprint density at radius 2 is 1.92 bits per heavy atom. The maximum absolute atomic E-state index is 9.59. The largest absolute Gasteiger partial charge is 0.394 e. The van der Waals surface area contributed by atoms with Crippen LogP contribution >= 0.6 is 11.8 Å². The van der Waals surface area contributed by atoms with Crippen molar-refractivity contribution in [1.29, 1.82) is 0 Å². The Bertz CT molecular complexity index is 146. The van der Waals surface area contributed by atoms with Crippen LogP contribution < -0.4 is 0 Å². The van der Waals surface area contributed by atoms with Gasteiger partial charge in [-0.1, -0.05) is 6.92 Å². The average Bonchev–Trinajstić information content (AvgIpc) is 2.15. The third-order valence-electron chi connectivity index (χ3n) is 2.42. The van der Waals surface area contributed by atoms with E-state index in [1.54, 1.807) is 0 Å². The molecule has 4 nitrogen and oxygen atoms in total. The standard InChI is InChI=1S/C8H16O4S/c1-4-6(10)7(11)5(3-9)12-8(4)13-2/h4-11H,3H2,1-2H3/t4-,5?,6+,7?,8?/m0/s1. The Morgan fingerprint density at radius 3 is 2.38 bits per heavy atom. The highest BCUT2D eigenvalue weighted by atomic mass is 32.2. The molecule has 3 N–H and O–H groups in total. The van der Waals surface area contributed by atoms with Crippen LogP contribution in [-0.4, -0.2) is 51.9 Å². The average molecular weight is 208 g/mol. The fourth-order valence-corrected chi connectivity index (χ4v) is 2.33. The van der Waals surface area contributed by atoms with Crippen LogP contribution in [0.15, 0.2) is 0 Å². The lowest BCUT2D eigenvalue weighted by Gasteiger charge is -2.40. The second-order valence-electron chi connectivity index (χ2n) is 3.30. The van der Waals surface area contributed by atoms with Crippen LogP contribution in [0, 0.1) is 5.92 Å². The summed E-state index contributed by atoms with van der Waals surface area (Å²) in [6.45, 7) is 1.56. The topological polar surface area (TPSA) is 69.9 Å². The van der Waals surface area contributed by atoms with E-state index in [0.717, 1.165) is 0 Å². The zero-order valence-electron chi connectivity index (χ0n) is 7.75. The predicted molar refractivity (Wildman–Crippen MR) is 50.4 cm³/mol. The summed E-state index contributed by atoms with van der Waals surface area (Å²) in [6.07, 6.45) is -0.588. The number of thioether (sulfide) groups is 1. The van der Waals surface area contributed by atoms with Crippen molar-refractivity contribution in [2.45, 2.75) is 30.7 Å². The lowest BCUT2D eigenvalue weighted by Crippen LogP contribution is -2.53. The molecule has 1 aliphatic heterocycles. The highest BCUT2D eigenvalue weighted by Crippen LogP contribution is 2.30. The second kappa shape index (κ2) is 4.61. The summed E-state index contributed by atoms with van der Waals surface area (Å²) < 4.78 is 5.38. The maximum Gasteiger partial charge on any atom is 0.110 e. The summed E-state index contributed by atoms with van der Waals surface area (Å²) >= 11 is 1.47. The Labute approximate surface area is 81.9 Å². The highest BCUT2D eigenvalue weighted by molar-refractivity contribution is 7.99. The predicted octanol–water partition coefficient (Wildman–Crippen LogP) is -0.576. The van der Waals surface area contributed by atoms with Crippen LogP contribution in [-0.2, 0) is 4.74 Å². The minimum absolute atomic E-state index is 0.118. The van der Waals surface area contributed by atoms with Gasteiger partial charge in [-0.3, -0.25) is 0 Å². The molecule has 0 radical (unpaired) electrons. The molecule has 0 aromatic carbocycles. The fraction of sp³-hybridized carbons (Fsp3) is 1.00. The number of hydrogen-bond acceptors (Lipinski definition) is 5. The van der Waals surface area contributed by atoms with E-state index in [1.165, 1.54) is 11.8 Å². The summed E-state index contributed by atoms with van der Waals surface area (Å²) in [7, 11) is 0. The van der Waals surface area contributed by atoms with Gasteiger partial charge in [0, 0.05) is 5.92 Å². The Balaban J connectivity index is 2.66. The van der Waals surface area contributed by atoms with Crippen molar-refractivity contribution in [3.8, 4) is 0 Å². The minimum atomic E-state index is -0.983. The fourth-order valence-electron chi connectivity index (χ4n) is 1.49. The smallest absolute Gasteiger partial charge is 0.110 e. The first kappa shape index (κ1) is 11.3. The van der Waals surface area contributed by atoms with Crippen molar-refractivity contribution in [2.24, 2.45) is 5.92 Å². The molecule has 1 saturated heterocycles. The number of aliphatic hydroxyl groups excluding tert-OH is 3. The molecule has 1 fully saturated rings. The molecule has 1 rings (SSSR count). The van der Waals surface area contributed by atoms with E-state index >= 15 is 0 Å². The Kier molecular flexibility index (Phi) is 4.00. The van der Waals surface area contributed by atoms with Crippen molar-refractivity contribution >= 4 is 11.8 Å². The normalized spacial score (nSPS) is 46.4. The molecule has 78 valence electrons. The molecule has 0 spiro atoms. The van der Waals surface area contributed by atoms with E-state index in [4.69, 9.17) is 9.84 Å². The highest BCUT2D eigenvalue weighted by Gasteiger charge is 2.41. The van der Waals surface area contributed by atoms with Gasteiger partial charge in [-0.25, -0.2) is 0 Å². The molecule has 0 aromatic heterocycles. The first-order valence-electron chi connectivity index (χ1n) is 4.27. The monoisotopic (exact) mass is 208 g/mol. The molecule has 5 atom stereocenters. The van der Waals surface area contributed by atoms with Crippen molar-refractivity contribution in [1.82, 2.24) is 0 Å². The number of rotatable bonds is 2. The molecular formula is C8H16O4S. The van der Waals surface area contributed by atoms with Gasteiger partial charge in [0.15, 0.2) is 0 Å². The van der Waals surface area contributed by atoms with Gasteiger partial charge in [0.05, 0.1) is 12.7 Å². The summed E-state index contributed by atoms with van der Waals surface area (Å²) in [6, 6.07) is 0. The van der Waals surface area contributed by atoms with Crippen LogP contribution in [0.3, 0.4) is 0 Å². The third-order valence-corrected chi connectivity index (χ3v) is 3.43. The first-order chi connectivity index (χ1) is 6.11. The lowest BCUT2D eigenvalue weighted by atomic mass is 9.94. The molecule has 0 bridgehead atoms. The van der Waals surface area contributed by atoms with Crippen LogP contribution in [0.2, 0.25) is 0 Å². The van der Waals surface area contributed by atoms with E-state index in [2.05, 4.69) is 0 Å². The van der Waals surface area contributed by atoms with Crippen molar-refractivity contribution in [3.63, 3.8) is 0 Å². The van der Waals surface area contributed by atoms with E-state index in [0.29, 0.717) is 0 Å². The van der Waals surface area contributed by atoms with Gasteiger partial charge in [-0.05, 0) is 6.26 Å². The Morgan fingerprint density at radius 1 is 1.31 bits per heavy atom. The molecule has 5 heteroatoms. The van der Waals surface area contributed by atoms with Gasteiger partial charge in [0.2, 0.25) is 0 Å². The van der Waals surface area contributed by atoms with Crippen molar-refractivity contribution < 1.29 is 20.1 Å². The molecule has 0 aromatic rings. The van der Waals surface area contributed by atoms with Gasteiger partial charge >= 0.3 is 0 Å². The third kappa shape index (κ3) is 2.16. The van der Waals surface area contributed by atoms with E-state index in [-0.39, 0.29) is 18.0 Å². The maximum atomic E-state index is 9.59. The van der Waals surface area contributed by atoms with Crippen LogP contribution in [0.5, 0.6) is 0 Å². The molecule has 0 saturated carbocycles. The van der Waals surface area contributed by atoms with Crippen LogP contribution in [0.25, 0.3) is 0 Å². The van der Waals surface area contributed by atoms with Crippen LogP contribution in [0.4, 0.5) is 0 Å². The minimum Gasteiger partial charge on any atom is -0.394 e. The van der Waals surface area contributed by atoms with Gasteiger partial charge in [-0.2, -0.15) is 0 Å². The molecular weight excluding hydrogens is 192 g/mol. The summed E-state index contributed by atoms with van der Waals surface area (Å²) in [5.74, 6) is -0.118. The summed E-state index contributed by atoms with van der Waals surface area (Å²) in [4.78, 5) is 0. The first-order valence-corrected chi connectivity index (χ1v) is 5.55. The molecule has 1 aliphatic rings. The van der Waals surface area contributed by atoms with Gasteiger partial charge < -0.3 is 20.1 Å².